The zero-order chi connectivity index (χ0) is 33.4. The maximum atomic E-state index is 13.5. The van der Waals surface area contributed by atoms with Gasteiger partial charge in [0.25, 0.3) is 0 Å². The first kappa shape index (κ1) is 31.3. The van der Waals surface area contributed by atoms with Crippen LogP contribution in [0.3, 0.4) is 0 Å². The van der Waals surface area contributed by atoms with Crippen LogP contribution in [0.1, 0.15) is 32.6 Å². The van der Waals surface area contributed by atoms with Crippen LogP contribution in [-0.2, 0) is 0 Å². The van der Waals surface area contributed by atoms with Crippen molar-refractivity contribution in [2.45, 2.75) is 27.7 Å². The van der Waals surface area contributed by atoms with Gasteiger partial charge in [-0.1, -0.05) is 146 Å². The molecule has 7 aromatic rings. The van der Waals surface area contributed by atoms with Gasteiger partial charge in [-0.25, -0.2) is 4.79 Å². The van der Waals surface area contributed by atoms with Gasteiger partial charge in [-0.2, -0.15) is 0 Å². The summed E-state index contributed by atoms with van der Waals surface area (Å²) < 4.78 is 0. The van der Waals surface area contributed by atoms with Gasteiger partial charge in [-0.15, -0.1) is 0 Å². The zero-order valence-electron chi connectivity index (χ0n) is 27.7. The average molecular weight is 641 g/mol. The summed E-state index contributed by atoms with van der Waals surface area (Å²) >= 11 is 0. The second-order valence-corrected chi connectivity index (χ2v) is 14.5. The van der Waals surface area contributed by atoms with Gasteiger partial charge < -0.3 is 5.11 Å². The highest BCUT2D eigenvalue weighted by atomic mass is 31.1. The number of carbonyl (C=O) groups is 1. The number of carboxylic acids is 1. The highest BCUT2D eigenvalue weighted by Gasteiger charge is 2.31. The standard InChI is InChI=1S/C45H37O2P/c1-29-15-12-16-30(2)41(29)37-24-14-25-38(42-31(3)17-13-18-32(42)4)44(37)48(39-26-11-10-22-35(39)33-19-6-5-7-20-33)40-28-27-34-21-8-9-23-36(34)43(40)45(46)47/h5-28H,1-4H3,(H,46,47). The molecule has 0 heterocycles. The highest BCUT2D eigenvalue weighted by Crippen LogP contribution is 2.47. The number of rotatable bonds is 7. The second-order valence-electron chi connectivity index (χ2n) is 12.4. The van der Waals surface area contributed by atoms with Crippen LogP contribution in [0, 0.1) is 27.7 Å². The molecule has 0 aliphatic carbocycles. The molecule has 0 aliphatic rings. The molecular formula is C45H37O2P. The first-order chi connectivity index (χ1) is 23.3. The summed E-state index contributed by atoms with van der Waals surface area (Å²) in [7, 11) is -1.44. The van der Waals surface area contributed by atoms with E-state index in [4.69, 9.17) is 0 Å². The Hall–Kier alpha value is -5.30. The van der Waals surface area contributed by atoms with Crippen molar-refractivity contribution in [3.63, 3.8) is 0 Å². The fourth-order valence-corrected chi connectivity index (χ4v) is 10.2. The van der Waals surface area contributed by atoms with Gasteiger partial charge in [0.05, 0.1) is 5.56 Å². The van der Waals surface area contributed by atoms with Crippen molar-refractivity contribution in [3.8, 4) is 33.4 Å². The van der Waals surface area contributed by atoms with E-state index < -0.39 is 13.9 Å². The Balaban J connectivity index is 1.71. The first-order valence-corrected chi connectivity index (χ1v) is 17.6. The van der Waals surface area contributed by atoms with E-state index in [-0.39, 0.29) is 0 Å². The number of carboxylic acid groups (broad SMARTS) is 1. The van der Waals surface area contributed by atoms with E-state index in [1.54, 1.807) is 0 Å². The predicted octanol–water partition coefficient (Wildman–Crippen LogP) is 10.5. The van der Waals surface area contributed by atoms with Gasteiger partial charge in [-0.3, -0.25) is 0 Å². The topological polar surface area (TPSA) is 37.3 Å². The largest absolute Gasteiger partial charge is 0.478 e. The molecule has 7 rings (SSSR count). The Morgan fingerprint density at radius 1 is 0.479 bits per heavy atom. The maximum absolute atomic E-state index is 13.5. The Morgan fingerprint density at radius 2 is 0.979 bits per heavy atom. The normalized spacial score (nSPS) is 11.8. The van der Waals surface area contributed by atoms with Gasteiger partial charge in [0.15, 0.2) is 0 Å². The van der Waals surface area contributed by atoms with Gasteiger partial charge in [-0.05, 0) is 107 Å². The van der Waals surface area contributed by atoms with Crippen LogP contribution in [-0.4, -0.2) is 11.1 Å². The molecule has 0 saturated carbocycles. The van der Waals surface area contributed by atoms with Crippen LogP contribution < -0.4 is 15.9 Å². The molecule has 1 atom stereocenters. The number of fused-ring (bicyclic) bond motifs is 1. The molecule has 48 heavy (non-hydrogen) atoms. The third kappa shape index (κ3) is 5.53. The Morgan fingerprint density at radius 3 is 1.58 bits per heavy atom. The highest BCUT2D eigenvalue weighted by molar-refractivity contribution is 7.80. The summed E-state index contributed by atoms with van der Waals surface area (Å²) in [5.74, 6) is -0.912. The number of aromatic carboxylic acids is 1. The minimum atomic E-state index is -1.44. The molecule has 0 aliphatic heterocycles. The van der Waals surface area contributed by atoms with Crippen molar-refractivity contribution in [2.75, 3.05) is 0 Å². The predicted molar refractivity (Wildman–Crippen MR) is 205 cm³/mol. The molecule has 0 spiro atoms. The van der Waals surface area contributed by atoms with Crippen molar-refractivity contribution < 1.29 is 9.90 Å². The molecule has 0 amide bonds. The molecule has 1 unspecified atom stereocenters. The van der Waals surface area contributed by atoms with E-state index in [0.29, 0.717) is 5.56 Å². The summed E-state index contributed by atoms with van der Waals surface area (Å²) in [6.07, 6.45) is 0. The van der Waals surface area contributed by atoms with Crippen molar-refractivity contribution in [1.82, 2.24) is 0 Å². The average Bonchev–Trinajstić information content (AvgIpc) is 3.09. The van der Waals surface area contributed by atoms with Gasteiger partial charge >= 0.3 is 5.97 Å². The summed E-state index contributed by atoms with van der Waals surface area (Å²) in [6, 6.07) is 50.7. The molecule has 0 aromatic heterocycles. The van der Waals surface area contributed by atoms with Crippen molar-refractivity contribution in [2.24, 2.45) is 0 Å². The third-order valence-electron chi connectivity index (χ3n) is 9.35. The number of aryl methyl sites for hydroxylation is 4. The molecule has 234 valence electrons. The van der Waals surface area contributed by atoms with Gasteiger partial charge in [0, 0.05) is 10.6 Å². The molecule has 1 N–H and O–H groups in total. The third-order valence-corrected chi connectivity index (χ3v) is 12.0. The Bertz CT molecular complexity index is 2210. The number of hydrogen-bond acceptors (Lipinski definition) is 1. The first-order valence-electron chi connectivity index (χ1n) is 16.3. The fraction of sp³-hybridized carbons (Fsp3) is 0.0889. The van der Waals surface area contributed by atoms with Crippen molar-refractivity contribution in [1.29, 1.82) is 0 Å². The lowest BCUT2D eigenvalue weighted by Crippen LogP contribution is -2.29. The van der Waals surface area contributed by atoms with Crippen LogP contribution in [0.4, 0.5) is 0 Å². The Labute approximate surface area is 284 Å². The molecule has 0 radical (unpaired) electrons. The van der Waals surface area contributed by atoms with E-state index in [1.807, 2.05) is 30.3 Å². The Kier molecular flexibility index (Phi) is 8.52. The minimum Gasteiger partial charge on any atom is -0.478 e. The van der Waals surface area contributed by atoms with E-state index >= 15 is 0 Å². The number of benzene rings is 7. The quantitative estimate of drug-likeness (QED) is 0.176. The molecule has 0 fully saturated rings. The van der Waals surface area contributed by atoms with Crippen LogP contribution in [0.5, 0.6) is 0 Å². The molecule has 2 nitrogen and oxygen atoms in total. The van der Waals surface area contributed by atoms with Crippen LogP contribution in [0.2, 0.25) is 0 Å². The van der Waals surface area contributed by atoms with Crippen molar-refractivity contribution >= 4 is 40.6 Å². The van der Waals surface area contributed by atoms with Crippen LogP contribution in [0.25, 0.3) is 44.2 Å². The van der Waals surface area contributed by atoms with E-state index in [0.717, 1.165) is 43.6 Å². The lowest BCUT2D eigenvalue weighted by molar-refractivity contribution is 0.0700. The van der Waals surface area contributed by atoms with Crippen molar-refractivity contribution in [3.05, 3.63) is 173 Å². The van der Waals surface area contributed by atoms with E-state index in [2.05, 4.69) is 143 Å². The van der Waals surface area contributed by atoms with E-state index in [1.165, 1.54) is 38.7 Å². The lowest BCUT2D eigenvalue weighted by Gasteiger charge is -2.30. The SMILES string of the molecule is Cc1cccc(C)c1-c1cccc(-c2c(C)cccc2C)c1P(c1ccccc1-c1ccccc1)c1ccc2ccccc2c1C(=O)O. The molecule has 3 heteroatoms. The maximum Gasteiger partial charge on any atom is 0.336 e. The van der Waals surface area contributed by atoms with Gasteiger partial charge in [0.1, 0.15) is 0 Å². The summed E-state index contributed by atoms with van der Waals surface area (Å²) in [6.45, 7) is 8.71. The monoisotopic (exact) mass is 640 g/mol. The van der Waals surface area contributed by atoms with Gasteiger partial charge in [0.2, 0.25) is 0 Å². The summed E-state index contributed by atoms with van der Waals surface area (Å²) in [5, 5.41) is 15.9. The molecule has 0 bridgehead atoms. The van der Waals surface area contributed by atoms with Crippen LogP contribution in [0.15, 0.2) is 146 Å². The second kappa shape index (κ2) is 13.1. The molecular weight excluding hydrogens is 603 g/mol. The zero-order valence-corrected chi connectivity index (χ0v) is 28.6. The smallest absolute Gasteiger partial charge is 0.336 e. The molecule has 7 aromatic carbocycles. The number of hydrogen-bond donors (Lipinski definition) is 1. The van der Waals surface area contributed by atoms with Crippen LogP contribution >= 0.6 is 7.92 Å². The fourth-order valence-electron chi connectivity index (χ4n) is 7.24. The minimum absolute atomic E-state index is 0.367. The van der Waals surface area contributed by atoms with E-state index in [9.17, 15) is 9.90 Å². The summed E-state index contributed by atoms with van der Waals surface area (Å²) in [5.41, 5.74) is 12.0. The molecule has 0 saturated heterocycles. The summed E-state index contributed by atoms with van der Waals surface area (Å²) in [4.78, 5) is 13.5. The lowest BCUT2D eigenvalue weighted by atomic mass is 9.90.